The van der Waals surface area contributed by atoms with Crippen LogP contribution in [0.3, 0.4) is 0 Å². The number of carbonyl (C=O) groups excluding carboxylic acids is 1. The van der Waals surface area contributed by atoms with E-state index in [9.17, 15) is 4.79 Å². The van der Waals surface area contributed by atoms with Crippen molar-refractivity contribution in [3.63, 3.8) is 0 Å². The zero-order valence-electron chi connectivity index (χ0n) is 6.82. The molecule has 0 amide bonds. The second-order valence-electron chi connectivity index (χ2n) is 1.91. The minimum atomic E-state index is -0.223. The number of thioether (sulfide) groups is 1. The molecule has 7 heteroatoms. The molecule has 0 bridgehead atoms. The summed E-state index contributed by atoms with van der Waals surface area (Å²) in [6.07, 6.45) is 0. The molecule has 0 aliphatic rings. The molecule has 4 nitrogen and oxygen atoms in total. The molecule has 72 valence electrons. The van der Waals surface area contributed by atoms with Crippen LogP contribution in [0.5, 0.6) is 0 Å². The summed E-state index contributed by atoms with van der Waals surface area (Å²) in [4.78, 5) is 10.9. The van der Waals surface area contributed by atoms with E-state index in [1.165, 1.54) is 23.1 Å². The van der Waals surface area contributed by atoms with Crippen molar-refractivity contribution >= 4 is 45.0 Å². The Morgan fingerprint density at radius 2 is 2.46 bits per heavy atom. The van der Waals surface area contributed by atoms with E-state index < -0.39 is 0 Å². The fourth-order valence-corrected chi connectivity index (χ4v) is 2.82. The Labute approximate surface area is 92.2 Å². The van der Waals surface area contributed by atoms with Gasteiger partial charge in [0.2, 0.25) is 0 Å². The van der Waals surface area contributed by atoms with Gasteiger partial charge in [-0.1, -0.05) is 23.1 Å². The van der Waals surface area contributed by atoms with Crippen molar-refractivity contribution in [2.45, 2.75) is 11.3 Å². The van der Waals surface area contributed by atoms with Gasteiger partial charge in [0, 0.05) is 0 Å². The van der Waals surface area contributed by atoms with Crippen LogP contribution in [0.15, 0.2) is 8.26 Å². The highest BCUT2D eigenvalue weighted by atomic mass is 79.9. The second kappa shape index (κ2) is 5.56. The lowest BCUT2D eigenvalue weighted by Gasteiger charge is -1.97. The van der Waals surface area contributed by atoms with Gasteiger partial charge in [0.05, 0.1) is 12.4 Å². The number of rotatable bonds is 4. The molecule has 0 N–H and O–H groups in total. The molecular weight excluding hydrogens is 276 g/mol. The van der Waals surface area contributed by atoms with E-state index in [0.717, 1.165) is 8.26 Å². The number of aromatic nitrogens is 2. The van der Waals surface area contributed by atoms with E-state index in [0.29, 0.717) is 6.61 Å². The first-order valence-electron chi connectivity index (χ1n) is 3.49. The van der Waals surface area contributed by atoms with Crippen LogP contribution < -0.4 is 0 Å². The number of hydrogen-bond donors (Lipinski definition) is 0. The van der Waals surface area contributed by atoms with Crippen LogP contribution in [-0.4, -0.2) is 28.5 Å². The molecule has 1 aromatic heterocycles. The lowest BCUT2D eigenvalue weighted by atomic mass is 10.8. The molecular formula is C6H7BrN2O2S2. The molecule has 0 aliphatic carbocycles. The molecule has 0 unspecified atom stereocenters. The highest BCUT2D eigenvalue weighted by Crippen LogP contribution is 2.25. The Kier molecular flexibility index (Phi) is 4.68. The van der Waals surface area contributed by atoms with E-state index in [-0.39, 0.29) is 11.7 Å². The van der Waals surface area contributed by atoms with Gasteiger partial charge in [0.1, 0.15) is 0 Å². The van der Waals surface area contributed by atoms with Crippen molar-refractivity contribution < 1.29 is 9.53 Å². The van der Waals surface area contributed by atoms with Crippen molar-refractivity contribution in [2.75, 3.05) is 12.4 Å². The van der Waals surface area contributed by atoms with Crippen molar-refractivity contribution in [2.24, 2.45) is 0 Å². The zero-order valence-corrected chi connectivity index (χ0v) is 10.0. The minimum Gasteiger partial charge on any atom is -0.465 e. The predicted octanol–water partition coefficient (Wildman–Crippen LogP) is 1.96. The Morgan fingerprint density at radius 3 is 3.00 bits per heavy atom. The summed E-state index contributed by atoms with van der Waals surface area (Å²) in [5, 5.41) is 7.58. The molecule has 0 radical (unpaired) electrons. The van der Waals surface area contributed by atoms with Gasteiger partial charge < -0.3 is 4.74 Å². The fraction of sp³-hybridized carbons (Fsp3) is 0.500. The largest absolute Gasteiger partial charge is 0.465 e. The van der Waals surface area contributed by atoms with Gasteiger partial charge in [-0.05, 0) is 22.9 Å². The van der Waals surface area contributed by atoms with Crippen LogP contribution in [-0.2, 0) is 9.53 Å². The lowest BCUT2D eigenvalue weighted by Crippen LogP contribution is -2.06. The third-order valence-electron chi connectivity index (χ3n) is 1.00. The number of ether oxygens (including phenoxy) is 1. The normalized spacial score (nSPS) is 10.0. The molecule has 0 saturated heterocycles. The summed E-state index contributed by atoms with van der Waals surface area (Å²) in [5.74, 6) is 0.0639. The van der Waals surface area contributed by atoms with Crippen molar-refractivity contribution in [1.29, 1.82) is 0 Å². The Morgan fingerprint density at radius 1 is 1.69 bits per heavy atom. The van der Waals surface area contributed by atoms with E-state index in [4.69, 9.17) is 4.74 Å². The van der Waals surface area contributed by atoms with E-state index in [1.54, 1.807) is 6.92 Å². The molecule has 1 rings (SSSR count). The van der Waals surface area contributed by atoms with Crippen LogP contribution >= 0.6 is 39.0 Å². The van der Waals surface area contributed by atoms with Gasteiger partial charge in [0.25, 0.3) is 0 Å². The molecule has 0 atom stereocenters. The van der Waals surface area contributed by atoms with E-state index in [1.807, 2.05) is 0 Å². The topological polar surface area (TPSA) is 52.1 Å². The van der Waals surface area contributed by atoms with Gasteiger partial charge in [-0.3, -0.25) is 4.79 Å². The van der Waals surface area contributed by atoms with E-state index in [2.05, 4.69) is 26.1 Å². The van der Waals surface area contributed by atoms with Crippen molar-refractivity contribution in [3.8, 4) is 0 Å². The number of nitrogens with zero attached hydrogens (tertiary/aromatic N) is 2. The van der Waals surface area contributed by atoms with Crippen LogP contribution in [0, 0.1) is 0 Å². The summed E-state index contributed by atoms with van der Waals surface area (Å²) >= 11 is 5.91. The molecule has 0 aromatic carbocycles. The Bertz CT molecular complexity index is 292. The summed E-state index contributed by atoms with van der Waals surface area (Å²) in [6.45, 7) is 2.20. The fourth-order valence-electron chi connectivity index (χ4n) is 0.575. The van der Waals surface area contributed by atoms with E-state index >= 15 is 0 Å². The average Bonchev–Trinajstić information content (AvgIpc) is 2.49. The maximum atomic E-state index is 10.9. The maximum absolute atomic E-state index is 10.9. The highest BCUT2D eigenvalue weighted by molar-refractivity contribution is 9.11. The third kappa shape index (κ3) is 4.06. The molecule has 1 heterocycles. The van der Waals surface area contributed by atoms with Crippen LogP contribution in [0.25, 0.3) is 0 Å². The minimum absolute atomic E-state index is 0.223. The molecule has 0 spiro atoms. The van der Waals surface area contributed by atoms with Gasteiger partial charge in [0.15, 0.2) is 8.26 Å². The second-order valence-corrected chi connectivity index (χ2v) is 5.39. The highest BCUT2D eigenvalue weighted by Gasteiger charge is 2.06. The molecule has 13 heavy (non-hydrogen) atoms. The number of halogens is 1. The SMILES string of the molecule is CCOC(=O)CSc1nnc(Br)s1. The van der Waals surface area contributed by atoms with Gasteiger partial charge >= 0.3 is 5.97 Å². The number of hydrogen-bond acceptors (Lipinski definition) is 6. The van der Waals surface area contributed by atoms with Gasteiger partial charge in [-0.25, -0.2) is 0 Å². The standard InChI is InChI=1S/C6H7BrN2O2S2/c1-2-11-4(10)3-12-6-9-8-5(7)13-6/h2-3H2,1H3. The lowest BCUT2D eigenvalue weighted by molar-refractivity contribution is -0.139. The Balaban J connectivity index is 2.30. The summed E-state index contributed by atoms with van der Waals surface area (Å²) in [7, 11) is 0. The Hall–Kier alpha value is -0.140. The van der Waals surface area contributed by atoms with Crippen molar-refractivity contribution in [1.82, 2.24) is 10.2 Å². The number of esters is 1. The molecule has 0 aliphatic heterocycles. The first kappa shape index (κ1) is 10.9. The third-order valence-corrected chi connectivity index (χ3v) is 3.46. The van der Waals surface area contributed by atoms with Gasteiger partial charge in [-0.2, -0.15) is 0 Å². The quantitative estimate of drug-likeness (QED) is 0.624. The first-order valence-corrected chi connectivity index (χ1v) is 6.09. The van der Waals surface area contributed by atoms with Crippen LogP contribution in [0.2, 0.25) is 0 Å². The van der Waals surface area contributed by atoms with Crippen molar-refractivity contribution in [3.05, 3.63) is 3.92 Å². The molecule has 1 aromatic rings. The monoisotopic (exact) mass is 282 g/mol. The summed E-state index contributed by atoms with van der Waals surface area (Å²) in [5.41, 5.74) is 0. The van der Waals surface area contributed by atoms with Gasteiger partial charge in [-0.15, -0.1) is 10.2 Å². The van der Waals surface area contributed by atoms with Crippen LogP contribution in [0.1, 0.15) is 6.92 Å². The first-order chi connectivity index (χ1) is 6.22. The molecule has 0 saturated carbocycles. The zero-order chi connectivity index (χ0) is 9.68. The maximum Gasteiger partial charge on any atom is 0.316 e. The average molecular weight is 283 g/mol. The summed E-state index contributed by atoms with van der Waals surface area (Å²) < 4.78 is 6.24. The predicted molar refractivity (Wildman–Crippen MR) is 55.0 cm³/mol. The smallest absolute Gasteiger partial charge is 0.316 e. The van der Waals surface area contributed by atoms with Crippen LogP contribution in [0.4, 0.5) is 0 Å². The number of carbonyl (C=O) groups is 1. The molecule has 0 fully saturated rings. The summed E-state index contributed by atoms with van der Waals surface area (Å²) in [6, 6.07) is 0.